The van der Waals surface area contributed by atoms with E-state index in [0.29, 0.717) is 29.5 Å². The van der Waals surface area contributed by atoms with E-state index in [0.717, 1.165) is 0 Å². The van der Waals surface area contributed by atoms with Gasteiger partial charge in [0.05, 0.1) is 11.3 Å². The molecular weight excluding hydrogens is 244 g/mol. The van der Waals surface area contributed by atoms with Crippen molar-refractivity contribution in [1.29, 1.82) is 0 Å². The number of amides is 2. The number of ether oxygens (including phenoxy) is 1. The molecule has 0 saturated carbocycles. The van der Waals surface area contributed by atoms with Crippen molar-refractivity contribution in [3.63, 3.8) is 0 Å². The maximum absolute atomic E-state index is 12.1. The molecule has 5 heteroatoms. The van der Waals surface area contributed by atoms with Gasteiger partial charge in [0.1, 0.15) is 0 Å². The molecule has 1 aliphatic rings. The molecule has 0 bridgehead atoms. The molecular formula is C14H18N2O3. The van der Waals surface area contributed by atoms with E-state index in [2.05, 4.69) is 5.32 Å². The van der Waals surface area contributed by atoms with E-state index in [-0.39, 0.29) is 18.4 Å². The van der Waals surface area contributed by atoms with Gasteiger partial charge in [0.2, 0.25) is 0 Å². The van der Waals surface area contributed by atoms with Crippen molar-refractivity contribution in [2.24, 2.45) is 5.92 Å². The molecule has 0 aromatic heterocycles. The third-order valence-electron chi connectivity index (χ3n) is 2.99. The van der Waals surface area contributed by atoms with E-state index < -0.39 is 0 Å². The fourth-order valence-corrected chi connectivity index (χ4v) is 1.88. The molecule has 5 nitrogen and oxygen atoms in total. The standard InChI is InChI=1S/C14H18N2O3/c1-9(2)7-15-14(18)10-5-4-6-11-13(10)19-8-12(17)16(11)3/h4-6,9H,7-8H2,1-3H3,(H,15,18). The van der Waals surface area contributed by atoms with Crippen LogP contribution in [0.25, 0.3) is 0 Å². The van der Waals surface area contributed by atoms with Gasteiger partial charge in [-0.25, -0.2) is 0 Å². The Morgan fingerprint density at radius 2 is 2.21 bits per heavy atom. The zero-order valence-corrected chi connectivity index (χ0v) is 11.4. The number of nitrogens with zero attached hydrogens (tertiary/aromatic N) is 1. The van der Waals surface area contributed by atoms with Crippen molar-refractivity contribution >= 4 is 17.5 Å². The van der Waals surface area contributed by atoms with Crippen molar-refractivity contribution in [2.75, 3.05) is 25.1 Å². The summed E-state index contributed by atoms with van der Waals surface area (Å²) in [5, 5.41) is 2.85. The molecule has 1 N–H and O–H groups in total. The van der Waals surface area contributed by atoms with Crippen LogP contribution in [-0.2, 0) is 4.79 Å². The average Bonchev–Trinajstić information content (AvgIpc) is 2.39. The summed E-state index contributed by atoms with van der Waals surface area (Å²) < 4.78 is 5.41. The number of fused-ring (bicyclic) bond motifs is 1. The molecule has 1 aliphatic heterocycles. The molecule has 2 amide bonds. The topological polar surface area (TPSA) is 58.6 Å². The first-order valence-electron chi connectivity index (χ1n) is 6.31. The number of nitrogens with one attached hydrogen (secondary N) is 1. The molecule has 1 aromatic carbocycles. The summed E-state index contributed by atoms with van der Waals surface area (Å²) >= 11 is 0. The quantitative estimate of drug-likeness (QED) is 0.896. The second kappa shape index (κ2) is 5.30. The van der Waals surface area contributed by atoms with Gasteiger partial charge in [0.25, 0.3) is 11.8 Å². The van der Waals surface area contributed by atoms with Gasteiger partial charge in [-0.3, -0.25) is 9.59 Å². The van der Waals surface area contributed by atoms with Crippen LogP contribution in [0, 0.1) is 5.92 Å². The first kappa shape index (κ1) is 13.4. The van der Waals surface area contributed by atoms with Crippen LogP contribution in [-0.4, -0.2) is 32.0 Å². The largest absolute Gasteiger partial charge is 0.481 e. The molecule has 102 valence electrons. The highest BCUT2D eigenvalue weighted by Gasteiger charge is 2.26. The Bertz CT molecular complexity index is 511. The van der Waals surface area contributed by atoms with Crippen LogP contribution in [0.15, 0.2) is 18.2 Å². The predicted molar refractivity (Wildman–Crippen MR) is 72.5 cm³/mol. The summed E-state index contributed by atoms with van der Waals surface area (Å²) in [4.78, 5) is 25.2. The minimum Gasteiger partial charge on any atom is -0.481 e. The highest BCUT2D eigenvalue weighted by molar-refractivity contribution is 6.03. The van der Waals surface area contributed by atoms with Crippen molar-refractivity contribution < 1.29 is 14.3 Å². The molecule has 0 spiro atoms. The zero-order chi connectivity index (χ0) is 14.0. The lowest BCUT2D eigenvalue weighted by Gasteiger charge is -2.27. The van der Waals surface area contributed by atoms with E-state index in [1.165, 1.54) is 4.90 Å². The lowest BCUT2D eigenvalue weighted by atomic mass is 10.1. The van der Waals surface area contributed by atoms with E-state index in [4.69, 9.17) is 4.74 Å². The van der Waals surface area contributed by atoms with Gasteiger partial charge in [-0.15, -0.1) is 0 Å². The molecule has 19 heavy (non-hydrogen) atoms. The van der Waals surface area contributed by atoms with E-state index in [1.807, 2.05) is 13.8 Å². The van der Waals surface area contributed by atoms with Crippen LogP contribution in [0.1, 0.15) is 24.2 Å². The van der Waals surface area contributed by atoms with Crippen molar-refractivity contribution in [2.45, 2.75) is 13.8 Å². The number of para-hydroxylation sites is 1. The number of hydrogen-bond acceptors (Lipinski definition) is 3. The highest BCUT2D eigenvalue weighted by atomic mass is 16.5. The molecule has 0 saturated heterocycles. The maximum Gasteiger partial charge on any atom is 0.264 e. The second-order valence-electron chi connectivity index (χ2n) is 5.00. The molecule has 1 aromatic rings. The van der Waals surface area contributed by atoms with Gasteiger partial charge >= 0.3 is 0 Å². The summed E-state index contributed by atoms with van der Waals surface area (Å²) in [6.45, 7) is 4.64. The minimum atomic E-state index is -0.173. The van der Waals surface area contributed by atoms with Crippen molar-refractivity contribution in [3.05, 3.63) is 23.8 Å². The number of anilines is 1. The van der Waals surface area contributed by atoms with Gasteiger partial charge in [-0.05, 0) is 18.1 Å². The third-order valence-corrected chi connectivity index (χ3v) is 2.99. The summed E-state index contributed by atoms with van der Waals surface area (Å²) in [6.07, 6.45) is 0. The smallest absolute Gasteiger partial charge is 0.264 e. The first-order chi connectivity index (χ1) is 9.00. The van der Waals surface area contributed by atoms with Gasteiger partial charge in [-0.2, -0.15) is 0 Å². The number of rotatable bonds is 3. The second-order valence-corrected chi connectivity index (χ2v) is 5.00. The minimum absolute atomic E-state index is 0.0298. The van der Waals surface area contributed by atoms with Crippen LogP contribution < -0.4 is 15.0 Å². The van der Waals surface area contributed by atoms with Gasteiger partial charge in [0, 0.05) is 13.6 Å². The lowest BCUT2D eigenvalue weighted by Crippen LogP contribution is -2.37. The summed E-state index contributed by atoms with van der Waals surface area (Å²) in [7, 11) is 1.68. The fraction of sp³-hybridized carbons (Fsp3) is 0.429. The molecule has 0 fully saturated rings. The molecule has 0 radical (unpaired) electrons. The molecule has 1 heterocycles. The lowest BCUT2D eigenvalue weighted by molar-refractivity contribution is -0.121. The van der Waals surface area contributed by atoms with Crippen LogP contribution in [0.5, 0.6) is 5.75 Å². The molecule has 0 unspecified atom stereocenters. The van der Waals surface area contributed by atoms with E-state index in [9.17, 15) is 9.59 Å². The Balaban J connectivity index is 2.28. The maximum atomic E-state index is 12.1. The Morgan fingerprint density at radius 1 is 1.47 bits per heavy atom. The molecule has 0 atom stereocenters. The number of likely N-dealkylation sites (N-methyl/N-ethyl adjacent to an activating group) is 1. The normalized spacial score (nSPS) is 14.1. The van der Waals surface area contributed by atoms with Gasteiger partial charge < -0.3 is 15.0 Å². The average molecular weight is 262 g/mol. The van der Waals surface area contributed by atoms with Crippen LogP contribution in [0.2, 0.25) is 0 Å². The Labute approximate surface area is 112 Å². The van der Waals surface area contributed by atoms with Crippen LogP contribution in [0.3, 0.4) is 0 Å². The fourth-order valence-electron chi connectivity index (χ4n) is 1.88. The Hall–Kier alpha value is -2.04. The van der Waals surface area contributed by atoms with Gasteiger partial charge in [0.15, 0.2) is 12.4 Å². The molecule has 2 rings (SSSR count). The van der Waals surface area contributed by atoms with Crippen molar-refractivity contribution in [3.8, 4) is 5.75 Å². The zero-order valence-electron chi connectivity index (χ0n) is 11.4. The first-order valence-corrected chi connectivity index (χ1v) is 6.31. The van der Waals surface area contributed by atoms with E-state index >= 15 is 0 Å². The highest BCUT2D eigenvalue weighted by Crippen LogP contribution is 2.34. The van der Waals surface area contributed by atoms with E-state index in [1.54, 1.807) is 25.2 Å². The number of carbonyl (C=O) groups is 2. The van der Waals surface area contributed by atoms with Crippen LogP contribution >= 0.6 is 0 Å². The monoisotopic (exact) mass is 262 g/mol. The Kier molecular flexibility index (Phi) is 3.74. The summed E-state index contributed by atoms with van der Waals surface area (Å²) in [6, 6.07) is 5.23. The number of carbonyl (C=O) groups excluding carboxylic acids is 2. The summed E-state index contributed by atoms with van der Waals surface area (Å²) in [5.74, 6) is 0.569. The van der Waals surface area contributed by atoms with Gasteiger partial charge in [-0.1, -0.05) is 19.9 Å². The third kappa shape index (κ3) is 2.70. The van der Waals surface area contributed by atoms with Crippen molar-refractivity contribution in [1.82, 2.24) is 5.32 Å². The summed E-state index contributed by atoms with van der Waals surface area (Å²) in [5.41, 5.74) is 1.10. The number of benzene rings is 1. The molecule has 0 aliphatic carbocycles. The predicted octanol–water partition coefficient (Wildman–Crippen LogP) is 1.43. The number of hydrogen-bond donors (Lipinski definition) is 1. The van der Waals surface area contributed by atoms with Crippen LogP contribution in [0.4, 0.5) is 5.69 Å². The SMILES string of the molecule is CC(C)CNC(=O)c1cccc2c1OCC(=O)N2C. The Morgan fingerprint density at radius 3 is 2.89 bits per heavy atom.